The molecule has 0 radical (unpaired) electrons. The Hall–Kier alpha value is -0.850. The maximum absolute atomic E-state index is 11.5. The third kappa shape index (κ3) is 3.19. The Morgan fingerprint density at radius 2 is 2.42 bits per heavy atom. The first-order chi connectivity index (χ1) is 9.17. The van der Waals surface area contributed by atoms with Gasteiger partial charge < -0.3 is 14.7 Å². The van der Waals surface area contributed by atoms with Gasteiger partial charge in [0.2, 0.25) is 0 Å². The average molecular weight is 305 g/mol. The highest BCUT2D eigenvalue weighted by molar-refractivity contribution is 7.18. The van der Waals surface area contributed by atoms with Crippen molar-refractivity contribution in [3.8, 4) is 0 Å². The fourth-order valence-corrected chi connectivity index (χ4v) is 3.63. The number of piperidine rings is 1. The van der Waals surface area contributed by atoms with Crippen molar-refractivity contribution < 1.29 is 14.6 Å². The maximum Gasteiger partial charge on any atom is 0.351 e. The van der Waals surface area contributed by atoms with Gasteiger partial charge in [-0.25, -0.2) is 9.78 Å². The highest BCUT2D eigenvalue weighted by atomic mass is 35.5. The van der Waals surface area contributed by atoms with Crippen molar-refractivity contribution in [2.75, 3.05) is 25.2 Å². The van der Waals surface area contributed by atoms with Gasteiger partial charge in [0.15, 0.2) is 15.2 Å². The molecule has 1 aromatic heterocycles. The van der Waals surface area contributed by atoms with E-state index in [0.717, 1.165) is 30.9 Å². The molecule has 1 aromatic rings. The van der Waals surface area contributed by atoms with E-state index < -0.39 is 5.97 Å². The minimum atomic E-state index is -0.454. The Bertz CT molecular complexity index is 450. The smallest absolute Gasteiger partial charge is 0.351 e. The number of rotatable bonds is 4. The molecule has 0 amide bonds. The molecular weight excluding hydrogens is 288 g/mol. The fourth-order valence-electron chi connectivity index (χ4n) is 2.33. The number of methoxy groups -OCH3 is 1. The van der Waals surface area contributed by atoms with Crippen LogP contribution in [0.2, 0.25) is 5.15 Å². The van der Waals surface area contributed by atoms with Crippen molar-refractivity contribution >= 4 is 34.0 Å². The van der Waals surface area contributed by atoms with E-state index in [1.807, 2.05) is 0 Å². The number of aromatic nitrogens is 1. The van der Waals surface area contributed by atoms with Crippen LogP contribution >= 0.6 is 22.9 Å². The molecule has 1 aliphatic heterocycles. The van der Waals surface area contributed by atoms with Crippen molar-refractivity contribution in [3.05, 3.63) is 10.0 Å². The molecule has 0 aromatic carbocycles. The Labute approximate surface area is 121 Å². The number of aliphatic hydroxyl groups excluding tert-OH is 1. The van der Waals surface area contributed by atoms with Gasteiger partial charge >= 0.3 is 5.97 Å². The molecule has 1 saturated heterocycles. The van der Waals surface area contributed by atoms with Crippen molar-refractivity contribution in [1.82, 2.24) is 4.98 Å². The lowest BCUT2D eigenvalue weighted by Crippen LogP contribution is -2.40. The van der Waals surface area contributed by atoms with Crippen LogP contribution in [-0.2, 0) is 4.74 Å². The van der Waals surface area contributed by atoms with Gasteiger partial charge in [-0.15, -0.1) is 0 Å². The number of anilines is 1. The van der Waals surface area contributed by atoms with Gasteiger partial charge in [-0.05, 0) is 25.7 Å². The van der Waals surface area contributed by atoms with E-state index in [-0.39, 0.29) is 17.8 Å². The summed E-state index contributed by atoms with van der Waals surface area (Å²) in [5, 5.41) is 10.1. The number of carbonyl (C=O) groups is 1. The van der Waals surface area contributed by atoms with Crippen molar-refractivity contribution in [1.29, 1.82) is 0 Å². The molecule has 19 heavy (non-hydrogen) atoms. The molecule has 1 fully saturated rings. The summed E-state index contributed by atoms with van der Waals surface area (Å²) < 4.78 is 4.68. The van der Waals surface area contributed by atoms with Crippen LogP contribution in [0.4, 0.5) is 5.13 Å². The van der Waals surface area contributed by atoms with Gasteiger partial charge in [-0.3, -0.25) is 0 Å². The minimum absolute atomic E-state index is 0.157. The highest BCUT2D eigenvalue weighted by Gasteiger charge is 2.27. The Kier molecular flexibility index (Phi) is 5.01. The second-order valence-corrected chi connectivity index (χ2v) is 5.80. The van der Waals surface area contributed by atoms with Crippen LogP contribution in [0.3, 0.4) is 0 Å². The van der Waals surface area contributed by atoms with Crippen molar-refractivity contribution in [2.45, 2.75) is 31.7 Å². The number of aliphatic hydroxyl groups is 1. The predicted molar refractivity (Wildman–Crippen MR) is 75.2 cm³/mol. The molecule has 0 aliphatic carbocycles. The first-order valence-electron chi connectivity index (χ1n) is 6.29. The number of thiazole rings is 1. The van der Waals surface area contributed by atoms with E-state index >= 15 is 0 Å². The number of hydrogen-bond donors (Lipinski definition) is 1. The summed E-state index contributed by atoms with van der Waals surface area (Å²) in [4.78, 5) is 18.3. The quantitative estimate of drug-likeness (QED) is 0.865. The molecule has 7 heteroatoms. The zero-order valence-corrected chi connectivity index (χ0v) is 12.3. The van der Waals surface area contributed by atoms with Gasteiger partial charge in [0.25, 0.3) is 0 Å². The summed E-state index contributed by atoms with van der Waals surface area (Å²) in [6.07, 6.45) is 3.99. The summed E-state index contributed by atoms with van der Waals surface area (Å²) >= 11 is 7.24. The van der Waals surface area contributed by atoms with E-state index in [1.165, 1.54) is 18.4 Å². The first kappa shape index (κ1) is 14.6. The van der Waals surface area contributed by atoms with Gasteiger partial charge in [-0.1, -0.05) is 22.9 Å². The van der Waals surface area contributed by atoms with Crippen LogP contribution in [0.15, 0.2) is 0 Å². The van der Waals surface area contributed by atoms with Crippen molar-refractivity contribution in [2.24, 2.45) is 0 Å². The molecule has 1 aliphatic rings. The zero-order chi connectivity index (χ0) is 13.8. The highest BCUT2D eigenvalue weighted by Crippen LogP contribution is 2.34. The normalized spacial score (nSPS) is 19.5. The number of nitrogens with zero attached hydrogens (tertiary/aromatic N) is 2. The summed E-state index contributed by atoms with van der Waals surface area (Å²) in [7, 11) is 1.33. The first-order valence-corrected chi connectivity index (χ1v) is 7.49. The molecule has 0 spiro atoms. The second-order valence-electron chi connectivity index (χ2n) is 4.46. The van der Waals surface area contributed by atoms with Crippen LogP contribution in [0.25, 0.3) is 0 Å². The lowest BCUT2D eigenvalue weighted by atomic mass is 10.0. The Morgan fingerprint density at radius 1 is 1.63 bits per heavy atom. The Morgan fingerprint density at radius 3 is 3.11 bits per heavy atom. The molecule has 1 N–H and O–H groups in total. The molecular formula is C12H17ClN2O3S. The van der Waals surface area contributed by atoms with Crippen LogP contribution in [0.1, 0.15) is 35.4 Å². The lowest BCUT2D eigenvalue weighted by Gasteiger charge is -2.35. The number of esters is 1. The van der Waals surface area contributed by atoms with Crippen LogP contribution in [0, 0.1) is 0 Å². The maximum atomic E-state index is 11.5. The van der Waals surface area contributed by atoms with E-state index in [0.29, 0.717) is 11.3 Å². The summed E-state index contributed by atoms with van der Waals surface area (Å²) in [5.74, 6) is -0.454. The summed E-state index contributed by atoms with van der Waals surface area (Å²) in [6, 6.07) is 0.270. The molecule has 5 nitrogen and oxygen atoms in total. The molecule has 1 atom stereocenters. The standard InChI is InChI=1S/C12H17ClN2O3S/c1-18-11(17)9-10(13)14-12(19-9)15-6-3-2-4-8(15)5-7-16/h8,16H,2-7H2,1H3. The second kappa shape index (κ2) is 6.54. The topological polar surface area (TPSA) is 62.7 Å². The third-order valence-electron chi connectivity index (χ3n) is 3.28. The zero-order valence-electron chi connectivity index (χ0n) is 10.8. The van der Waals surface area contributed by atoms with Crippen molar-refractivity contribution in [3.63, 3.8) is 0 Å². The molecule has 106 valence electrons. The largest absolute Gasteiger partial charge is 0.465 e. The third-order valence-corrected chi connectivity index (χ3v) is 4.74. The number of halogens is 1. The predicted octanol–water partition coefficient (Wildman–Crippen LogP) is 2.32. The van der Waals surface area contributed by atoms with Crippen LogP contribution < -0.4 is 4.90 Å². The summed E-state index contributed by atoms with van der Waals surface area (Å²) in [6.45, 7) is 1.04. The van der Waals surface area contributed by atoms with Crippen LogP contribution in [0.5, 0.6) is 0 Å². The molecule has 0 saturated carbocycles. The van der Waals surface area contributed by atoms with E-state index in [1.54, 1.807) is 0 Å². The monoisotopic (exact) mass is 304 g/mol. The van der Waals surface area contributed by atoms with Gasteiger partial charge in [0.1, 0.15) is 0 Å². The number of hydrogen-bond acceptors (Lipinski definition) is 6. The number of carbonyl (C=O) groups excluding carboxylic acids is 1. The molecule has 1 unspecified atom stereocenters. The lowest BCUT2D eigenvalue weighted by molar-refractivity contribution is 0.0606. The van der Waals surface area contributed by atoms with E-state index in [4.69, 9.17) is 16.7 Å². The molecule has 2 rings (SSSR count). The number of ether oxygens (including phenoxy) is 1. The fraction of sp³-hybridized carbons (Fsp3) is 0.667. The van der Waals surface area contributed by atoms with E-state index in [9.17, 15) is 4.79 Å². The average Bonchev–Trinajstić information content (AvgIpc) is 2.81. The SMILES string of the molecule is COC(=O)c1sc(N2CCCCC2CCO)nc1Cl. The van der Waals surface area contributed by atoms with Crippen LogP contribution in [-0.4, -0.2) is 42.4 Å². The Balaban J connectivity index is 2.22. The van der Waals surface area contributed by atoms with Gasteiger partial charge in [-0.2, -0.15) is 0 Å². The summed E-state index contributed by atoms with van der Waals surface area (Å²) in [5.41, 5.74) is 0. The van der Waals surface area contributed by atoms with Gasteiger partial charge in [0, 0.05) is 19.2 Å². The van der Waals surface area contributed by atoms with Gasteiger partial charge in [0.05, 0.1) is 7.11 Å². The minimum Gasteiger partial charge on any atom is -0.465 e. The molecule has 2 heterocycles. The van der Waals surface area contributed by atoms with E-state index in [2.05, 4.69) is 14.6 Å². The molecule has 0 bridgehead atoms.